The van der Waals surface area contributed by atoms with E-state index in [1.165, 1.54) is 6.07 Å². The molecule has 4 N–H and O–H groups in total. The second-order valence-corrected chi connectivity index (χ2v) is 7.06. The summed E-state index contributed by atoms with van der Waals surface area (Å²) < 4.78 is 38.3. The zero-order valence-corrected chi connectivity index (χ0v) is 15.7. The van der Waals surface area contributed by atoms with Crippen molar-refractivity contribution < 1.29 is 13.2 Å². The molecule has 3 aromatic rings. The number of nitrogens with zero attached hydrogens (tertiary/aromatic N) is 3. The first kappa shape index (κ1) is 19.6. The number of nitrogens with two attached hydrogens (primary N) is 2. The lowest BCUT2D eigenvalue weighted by Crippen LogP contribution is -2.21. The molecule has 0 aliphatic carbocycles. The van der Waals surface area contributed by atoms with Gasteiger partial charge in [-0.3, -0.25) is 4.98 Å². The summed E-state index contributed by atoms with van der Waals surface area (Å²) in [5, 5.41) is 0. The van der Waals surface area contributed by atoms with Crippen LogP contribution in [-0.2, 0) is 11.6 Å². The highest BCUT2D eigenvalue weighted by Crippen LogP contribution is 2.35. The Morgan fingerprint density at radius 2 is 1.46 bits per heavy atom. The maximum absolute atomic E-state index is 12.8. The Morgan fingerprint density at radius 1 is 0.857 bits per heavy atom. The van der Waals surface area contributed by atoms with Gasteiger partial charge in [-0.2, -0.15) is 18.2 Å². The monoisotopic (exact) mass is 387 g/mol. The minimum atomic E-state index is -4.41. The quantitative estimate of drug-likeness (QED) is 0.697. The zero-order valence-electron chi connectivity index (χ0n) is 15.7. The van der Waals surface area contributed by atoms with Crippen molar-refractivity contribution in [3.8, 4) is 11.1 Å². The predicted octanol–water partition coefficient (Wildman–Crippen LogP) is 4.36. The Morgan fingerprint density at radius 3 is 1.96 bits per heavy atom. The van der Waals surface area contributed by atoms with Crippen LogP contribution in [0.1, 0.15) is 36.4 Å². The van der Waals surface area contributed by atoms with Crippen LogP contribution in [0.3, 0.4) is 0 Å². The molecule has 8 heteroatoms. The fourth-order valence-corrected chi connectivity index (χ4v) is 3.11. The standard InChI is InChI=1S/C20H20F3N5/c1-11-16(17(24)28-18(25)27-11)12-4-6-13(7-5-12)19(2,3)15-9-8-14(10-26-15)20(21,22)23/h4-10H,1-3H3,(H4,24,25,27,28). The van der Waals surface area contributed by atoms with E-state index in [4.69, 9.17) is 11.5 Å². The van der Waals surface area contributed by atoms with E-state index in [0.717, 1.165) is 23.4 Å². The third-order valence-corrected chi connectivity index (χ3v) is 4.76. The van der Waals surface area contributed by atoms with E-state index in [1.807, 2.05) is 38.1 Å². The van der Waals surface area contributed by atoms with Gasteiger partial charge < -0.3 is 11.5 Å². The molecule has 0 saturated heterocycles. The molecule has 0 fully saturated rings. The lowest BCUT2D eigenvalue weighted by atomic mass is 9.80. The lowest BCUT2D eigenvalue weighted by Gasteiger charge is -2.25. The number of anilines is 2. The van der Waals surface area contributed by atoms with Gasteiger partial charge in [0.1, 0.15) is 5.82 Å². The van der Waals surface area contributed by atoms with Crippen molar-refractivity contribution in [3.05, 3.63) is 65.1 Å². The van der Waals surface area contributed by atoms with Gasteiger partial charge >= 0.3 is 6.18 Å². The average molecular weight is 387 g/mol. The summed E-state index contributed by atoms with van der Waals surface area (Å²) in [7, 11) is 0. The molecule has 0 amide bonds. The molecule has 0 unspecified atom stereocenters. The molecule has 0 aliphatic rings. The van der Waals surface area contributed by atoms with E-state index < -0.39 is 17.2 Å². The van der Waals surface area contributed by atoms with Crippen LogP contribution in [0, 0.1) is 6.92 Å². The van der Waals surface area contributed by atoms with E-state index in [-0.39, 0.29) is 5.95 Å². The molecule has 0 aliphatic heterocycles. The molecule has 0 saturated carbocycles. The maximum Gasteiger partial charge on any atom is 0.417 e. The topological polar surface area (TPSA) is 90.7 Å². The van der Waals surface area contributed by atoms with Crippen LogP contribution >= 0.6 is 0 Å². The average Bonchev–Trinajstić information content (AvgIpc) is 2.61. The largest absolute Gasteiger partial charge is 0.417 e. The zero-order chi connectivity index (χ0) is 20.7. The first-order valence-corrected chi connectivity index (χ1v) is 8.54. The Bertz CT molecular complexity index is 971. The van der Waals surface area contributed by atoms with Gasteiger partial charge in [-0.05, 0) is 30.2 Å². The normalized spacial score (nSPS) is 12.2. The van der Waals surface area contributed by atoms with Crippen LogP contribution in [0.5, 0.6) is 0 Å². The first-order chi connectivity index (χ1) is 13.0. The van der Waals surface area contributed by atoms with Crippen LogP contribution in [-0.4, -0.2) is 15.0 Å². The van der Waals surface area contributed by atoms with E-state index in [0.29, 0.717) is 22.8 Å². The third kappa shape index (κ3) is 3.62. The fraction of sp³-hybridized carbons (Fsp3) is 0.250. The van der Waals surface area contributed by atoms with Gasteiger partial charge in [-0.25, -0.2) is 4.98 Å². The molecule has 0 bridgehead atoms. The molecule has 146 valence electrons. The van der Waals surface area contributed by atoms with Crippen LogP contribution < -0.4 is 11.5 Å². The highest BCUT2D eigenvalue weighted by atomic mass is 19.4. The van der Waals surface area contributed by atoms with E-state index >= 15 is 0 Å². The minimum absolute atomic E-state index is 0.116. The van der Waals surface area contributed by atoms with Crippen molar-refractivity contribution in [3.63, 3.8) is 0 Å². The molecule has 3 rings (SSSR count). The van der Waals surface area contributed by atoms with E-state index in [1.54, 1.807) is 6.92 Å². The molecular weight excluding hydrogens is 367 g/mol. The summed E-state index contributed by atoms with van der Waals surface area (Å²) in [5.41, 5.74) is 13.9. The Hall–Kier alpha value is -3.16. The number of hydrogen-bond donors (Lipinski definition) is 2. The predicted molar refractivity (Wildman–Crippen MR) is 102 cm³/mol. The Labute approximate surface area is 160 Å². The second-order valence-electron chi connectivity index (χ2n) is 7.06. The van der Waals surface area contributed by atoms with Crippen LogP contribution in [0.4, 0.5) is 24.9 Å². The Balaban J connectivity index is 1.94. The van der Waals surface area contributed by atoms with Crippen molar-refractivity contribution in [1.29, 1.82) is 0 Å². The summed E-state index contributed by atoms with van der Waals surface area (Å²) in [6.07, 6.45) is -3.54. The molecule has 5 nitrogen and oxygen atoms in total. The SMILES string of the molecule is Cc1nc(N)nc(N)c1-c1ccc(C(C)(C)c2ccc(C(F)(F)F)cn2)cc1. The summed E-state index contributed by atoms with van der Waals surface area (Å²) in [6, 6.07) is 9.99. The molecule has 2 aromatic heterocycles. The van der Waals surface area contributed by atoms with Crippen molar-refractivity contribution >= 4 is 11.8 Å². The number of pyridine rings is 1. The third-order valence-electron chi connectivity index (χ3n) is 4.76. The number of alkyl halides is 3. The summed E-state index contributed by atoms with van der Waals surface area (Å²) in [4.78, 5) is 12.2. The lowest BCUT2D eigenvalue weighted by molar-refractivity contribution is -0.137. The molecule has 0 atom stereocenters. The van der Waals surface area contributed by atoms with Crippen LogP contribution in [0.15, 0.2) is 42.6 Å². The van der Waals surface area contributed by atoms with E-state index in [2.05, 4.69) is 15.0 Å². The van der Waals surface area contributed by atoms with E-state index in [9.17, 15) is 13.2 Å². The summed E-state index contributed by atoms with van der Waals surface area (Å²) in [5.74, 6) is 0.409. The van der Waals surface area contributed by atoms with Gasteiger partial charge in [0.05, 0.1) is 17.0 Å². The number of hydrogen-bond acceptors (Lipinski definition) is 5. The fourth-order valence-electron chi connectivity index (χ4n) is 3.11. The van der Waals surface area contributed by atoms with Gasteiger partial charge in [-0.15, -0.1) is 0 Å². The highest BCUT2D eigenvalue weighted by Gasteiger charge is 2.32. The van der Waals surface area contributed by atoms with Gasteiger partial charge in [-0.1, -0.05) is 38.1 Å². The van der Waals surface area contributed by atoms with Crippen molar-refractivity contribution in [2.24, 2.45) is 0 Å². The summed E-state index contributed by atoms with van der Waals surface area (Å²) in [6.45, 7) is 5.61. The van der Waals surface area contributed by atoms with Crippen LogP contribution in [0.25, 0.3) is 11.1 Å². The number of aryl methyl sites for hydroxylation is 1. The first-order valence-electron chi connectivity index (χ1n) is 8.54. The van der Waals surface area contributed by atoms with Gasteiger partial charge in [0.2, 0.25) is 5.95 Å². The Kier molecular flexibility index (Phi) is 4.74. The maximum atomic E-state index is 12.8. The number of rotatable bonds is 3. The highest BCUT2D eigenvalue weighted by molar-refractivity contribution is 5.76. The molecule has 1 aromatic carbocycles. The number of benzene rings is 1. The van der Waals surface area contributed by atoms with Crippen LogP contribution in [0.2, 0.25) is 0 Å². The molecule has 0 spiro atoms. The molecule has 28 heavy (non-hydrogen) atoms. The van der Waals surface area contributed by atoms with Crippen molar-refractivity contribution in [2.45, 2.75) is 32.4 Å². The number of aromatic nitrogens is 3. The van der Waals surface area contributed by atoms with Gasteiger partial charge in [0, 0.05) is 17.2 Å². The van der Waals surface area contributed by atoms with Gasteiger partial charge in [0.15, 0.2) is 0 Å². The summed E-state index contributed by atoms with van der Waals surface area (Å²) >= 11 is 0. The molecule has 2 heterocycles. The molecule has 0 radical (unpaired) electrons. The van der Waals surface area contributed by atoms with Crippen molar-refractivity contribution in [1.82, 2.24) is 15.0 Å². The number of nitrogen functional groups attached to an aromatic ring is 2. The minimum Gasteiger partial charge on any atom is -0.383 e. The van der Waals surface area contributed by atoms with Crippen molar-refractivity contribution in [2.75, 3.05) is 11.5 Å². The molecular formula is C20H20F3N5. The second kappa shape index (κ2) is 6.78. The van der Waals surface area contributed by atoms with Gasteiger partial charge in [0.25, 0.3) is 0 Å². The smallest absolute Gasteiger partial charge is 0.383 e. The number of halogens is 3.